The number of amides is 1. The van der Waals surface area contributed by atoms with Crippen LogP contribution in [0.25, 0.3) is 11.4 Å². The van der Waals surface area contributed by atoms with Crippen LogP contribution in [-0.4, -0.2) is 64.8 Å². The molecule has 4 heterocycles. The zero-order chi connectivity index (χ0) is 18.8. The molecule has 2 aliphatic heterocycles. The molecule has 2 aromatic rings. The lowest BCUT2D eigenvalue weighted by molar-refractivity contribution is -0.141. The number of piperazine rings is 1. The van der Waals surface area contributed by atoms with E-state index in [1.807, 2.05) is 30.9 Å². The van der Waals surface area contributed by atoms with Gasteiger partial charge in [0.15, 0.2) is 0 Å². The molecule has 2 aromatic heterocycles. The molecular formula is C19H25N5O3. The Labute approximate surface area is 158 Å². The van der Waals surface area contributed by atoms with Crippen LogP contribution in [0.3, 0.4) is 0 Å². The van der Waals surface area contributed by atoms with Crippen LogP contribution in [0.15, 0.2) is 22.9 Å². The Morgan fingerprint density at radius 1 is 1.22 bits per heavy atom. The van der Waals surface area contributed by atoms with Crippen LogP contribution >= 0.6 is 0 Å². The van der Waals surface area contributed by atoms with Gasteiger partial charge in [0.2, 0.25) is 11.7 Å². The van der Waals surface area contributed by atoms with Crippen molar-refractivity contribution in [3.05, 3.63) is 24.2 Å². The maximum Gasteiger partial charge on any atom is 0.251 e. The lowest BCUT2D eigenvalue weighted by Gasteiger charge is -2.36. The Kier molecular flexibility index (Phi) is 5.07. The van der Waals surface area contributed by atoms with E-state index in [4.69, 9.17) is 9.26 Å². The predicted molar refractivity (Wildman–Crippen MR) is 99.4 cm³/mol. The molecule has 1 atom stereocenters. The van der Waals surface area contributed by atoms with Gasteiger partial charge in [-0.25, -0.2) is 4.98 Å². The fraction of sp³-hybridized carbons (Fsp3) is 0.579. The Hall–Kier alpha value is -2.48. The monoisotopic (exact) mass is 371 g/mol. The number of rotatable bonds is 4. The summed E-state index contributed by atoms with van der Waals surface area (Å²) in [4.78, 5) is 25.5. The van der Waals surface area contributed by atoms with Crippen molar-refractivity contribution >= 4 is 11.7 Å². The average Bonchev–Trinajstić information content (AvgIpc) is 3.40. The number of hydrogen-bond acceptors (Lipinski definition) is 7. The Morgan fingerprint density at radius 2 is 2.04 bits per heavy atom. The summed E-state index contributed by atoms with van der Waals surface area (Å²) < 4.78 is 10.8. The number of aromatic nitrogens is 3. The molecule has 1 amide bonds. The summed E-state index contributed by atoms with van der Waals surface area (Å²) in [6.45, 7) is 7.67. The van der Waals surface area contributed by atoms with Gasteiger partial charge in [0, 0.05) is 50.5 Å². The lowest BCUT2D eigenvalue weighted by Crippen LogP contribution is -2.51. The highest BCUT2D eigenvalue weighted by molar-refractivity contribution is 5.81. The number of pyridine rings is 1. The largest absolute Gasteiger partial charge is 0.368 e. The minimum atomic E-state index is -0.236. The van der Waals surface area contributed by atoms with Crippen LogP contribution in [0.4, 0.5) is 5.82 Å². The fourth-order valence-electron chi connectivity index (χ4n) is 3.42. The summed E-state index contributed by atoms with van der Waals surface area (Å²) in [6, 6.07) is 3.93. The first-order chi connectivity index (χ1) is 13.1. The van der Waals surface area contributed by atoms with Crippen LogP contribution in [-0.2, 0) is 9.53 Å². The van der Waals surface area contributed by atoms with E-state index in [1.165, 1.54) is 0 Å². The summed E-state index contributed by atoms with van der Waals surface area (Å²) in [7, 11) is 0. The summed E-state index contributed by atoms with van der Waals surface area (Å²) in [5, 5.41) is 4.02. The highest BCUT2D eigenvalue weighted by Crippen LogP contribution is 2.22. The minimum absolute atomic E-state index is 0.133. The SMILES string of the molecule is CC(C)c1nc(-c2ccc(N3CCN(C(=O)C4CCCO4)CC3)nc2)no1. The van der Waals surface area contributed by atoms with E-state index in [-0.39, 0.29) is 17.9 Å². The highest BCUT2D eigenvalue weighted by Gasteiger charge is 2.30. The van der Waals surface area contributed by atoms with Crippen molar-refractivity contribution in [3.63, 3.8) is 0 Å². The van der Waals surface area contributed by atoms with Gasteiger partial charge in [-0.3, -0.25) is 4.79 Å². The number of carbonyl (C=O) groups excluding carboxylic acids is 1. The topological polar surface area (TPSA) is 84.6 Å². The van der Waals surface area contributed by atoms with Gasteiger partial charge in [-0.15, -0.1) is 0 Å². The molecule has 8 heteroatoms. The smallest absolute Gasteiger partial charge is 0.251 e. The Bertz CT molecular complexity index is 775. The lowest BCUT2D eigenvalue weighted by atomic mass is 10.2. The number of hydrogen-bond donors (Lipinski definition) is 0. The summed E-state index contributed by atoms with van der Waals surface area (Å²) in [6.07, 6.45) is 3.36. The molecule has 0 N–H and O–H groups in total. The Morgan fingerprint density at radius 3 is 2.63 bits per heavy atom. The molecule has 0 bridgehead atoms. The zero-order valence-corrected chi connectivity index (χ0v) is 15.8. The summed E-state index contributed by atoms with van der Waals surface area (Å²) >= 11 is 0. The Balaban J connectivity index is 1.36. The minimum Gasteiger partial charge on any atom is -0.368 e. The van der Waals surface area contributed by atoms with Crippen LogP contribution in [0.1, 0.15) is 38.5 Å². The fourth-order valence-corrected chi connectivity index (χ4v) is 3.42. The number of carbonyl (C=O) groups is 1. The van der Waals surface area contributed by atoms with Crippen LogP contribution in [0.2, 0.25) is 0 Å². The molecule has 0 aromatic carbocycles. The van der Waals surface area contributed by atoms with E-state index in [0.717, 1.165) is 37.3 Å². The van der Waals surface area contributed by atoms with Gasteiger partial charge in [-0.2, -0.15) is 4.98 Å². The van der Waals surface area contributed by atoms with Crippen molar-refractivity contribution in [2.45, 2.75) is 38.7 Å². The van der Waals surface area contributed by atoms with Gasteiger partial charge >= 0.3 is 0 Å². The predicted octanol–water partition coefficient (Wildman–Crippen LogP) is 2.08. The van der Waals surface area contributed by atoms with Crippen molar-refractivity contribution in [3.8, 4) is 11.4 Å². The maximum absolute atomic E-state index is 12.4. The van der Waals surface area contributed by atoms with E-state index in [9.17, 15) is 4.79 Å². The van der Waals surface area contributed by atoms with E-state index in [0.29, 0.717) is 31.4 Å². The first-order valence-corrected chi connectivity index (χ1v) is 9.57. The van der Waals surface area contributed by atoms with Crippen molar-refractivity contribution in [1.29, 1.82) is 0 Å². The highest BCUT2D eigenvalue weighted by atomic mass is 16.5. The summed E-state index contributed by atoms with van der Waals surface area (Å²) in [5.74, 6) is 2.42. The van der Waals surface area contributed by atoms with E-state index < -0.39 is 0 Å². The molecule has 1 unspecified atom stereocenters. The van der Waals surface area contributed by atoms with Crippen molar-refractivity contribution < 1.29 is 14.1 Å². The molecule has 2 saturated heterocycles. The third-order valence-electron chi connectivity index (χ3n) is 5.06. The molecule has 27 heavy (non-hydrogen) atoms. The standard InChI is InChI=1S/C19H25N5O3/c1-13(2)18-21-17(22-27-18)14-5-6-16(20-12-14)23-7-9-24(10-8-23)19(25)15-4-3-11-26-15/h5-6,12-13,15H,3-4,7-11H2,1-2H3. The summed E-state index contributed by atoms with van der Waals surface area (Å²) in [5.41, 5.74) is 0.835. The first-order valence-electron chi connectivity index (χ1n) is 9.57. The van der Waals surface area contributed by atoms with Crippen molar-refractivity contribution in [2.75, 3.05) is 37.7 Å². The quantitative estimate of drug-likeness (QED) is 0.813. The number of nitrogens with zero attached hydrogens (tertiary/aromatic N) is 5. The van der Waals surface area contributed by atoms with Gasteiger partial charge in [0.1, 0.15) is 11.9 Å². The normalized spacial score (nSPS) is 20.5. The molecule has 0 aliphatic carbocycles. The molecule has 2 aliphatic rings. The molecular weight excluding hydrogens is 346 g/mol. The molecule has 2 fully saturated rings. The van der Waals surface area contributed by atoms with Crippen molar-refractivity contribution in [2.24, 2.45) is 0 Å². The molecule has 0 spiro atoms. The number of ether oxygens (including phenoxy) is 1. The third-order valence-corrected chi connectivity index (χ3v) is 5.06. The van der Waals surface area contributed by atoms with E-state index in [1.54, 1.807) is 6.20 Å². The van der Waals surface area contributed by atoms with Gasteiger partial charge in [-0.1, -0.05) is 19.0 Å². The third kappa shape index (κ3) is 3.80. The second-order valence-electron chi connectivity index (χ2n) is 7.33. The van der Waals surface area contributed by atoms with Crippen LogP contribution in [0.5, 0.6) is 0 Å². The zero-order valence-electron chi connectivity index (χ0n) is 15.8. The second kappa shape index (κ2) is 7.64. The molecule has 0 radical (unpaired) electrons. The molecule has 8 nitrogen and oxygen atoms in total. The van der Waals surface area contributed by atoms with Crippen LogP contribution in [0, 0.1) is 0 Å². The molecule has 4 rings (SSSR count). The van der Waals surface area contributed by atoms with Gasteiger partial charge in [0.25, 0.3) is 5.91 Å². The van der Waals surface area contributed by atoms with E-state index >= 15 is 0 Å². The van der Waals surface area contributed by atoms with Gasteiger partial charge in [0.05, 0.1) is 0 Å². The molecule has 0 saturated carbocycles. The van der Waals surface area contributed by atoms with Crippen molar-refractivity contribution in [1.82, 2.24) is 20.0 Å². The van der Waals surface area contributed by atoms with E-state index in [2.05, 4.69) is 20.0 Å². The van der Waals surface area contributed by atoms with Crippen LogP contribution < -0.4 is 4.90 Å². The number of anilines is 1. The second-order valence-corrected chi connectivity index (χ2v) is 7.33. The van der Waals surface area contributed by atoms with Gasteiger partial charge in [-0.05, 0) is 25.0 Å². The maximum atomic E-state index is 12.4. The first kappa shape index (κ1) is 17.9. The molecule has 144 valence electrons. The van der Waals surface area contributed by atoms with Gasteiger partial charge < -0.3 is 19.1 Å². The average molecular weight is 371 g/mol.